The van der Waals surface area contributed by atoms with Gasteiger partial charge in [0.15, 0.2) is 0 Å². The topological polar surface area (TPSA) is 107 Å². The summed E-state index contributed by atoms with van der Waals surface area (Å²) in [6.45, 7) is 4.24. The third-order valence-corrected chi connectivity index (χ3v) is 5.96. The number of aromatic nitrogens is 1. The van der Waals surface area contributed by atoms with Crippen molar-refractivity contribution < 1.29 is 14.9 Å². The van der Waals surface area contributed by atoms with Crippen LogP contribution >= 0.6 is 11.3 Å². The molecule has 0 aliphatic rings. The minimum absolute atomic E-state index is 0.0422. The van der Waals surface area contributed by atoms with Crippen LogP contribution in [0.5, 0.6) is 5.75 Å². The molecule has 30 heavy (non-hydrogen) atoms. The number of aliphatic hydroxyl groups excluding tert-OH is 1. The molecule has 0 aliphatic carbocycles. The zero-order valence-electron chi connectivity index (χ0n) is 17.3. The molecule has 0 fully saturated rings. The first kappa shape index (κ1) is 22.5. The fourth-order valence-electron chi connectivity index (χ4n) is 3.30. The molecule has 2 aromatic carbocycles. The first-order chi connectivity index (χ1) is 14.5. The van der Waals surface area contributed by atoms with Crippen molar-refractivity contribution in [3.05, 3.63) is 62.8 Å². The second kappa shape index (κ2) is 10.7. The molecule has 1 aromatic heterocycles. The predicted octanol–water partition coefficient (Wildman–Crippen LogP) is 2.11. The molecule has 2 unspecified atom stereocenters. The summed E-state index contributed by atoms with van der Waals surface area (Å²) in [5.74, 6) is 0.0422. The molecule has 0 radical (unpaired) electrons. The van der Waals surface area contributed by atoms with Gasteiger partial charge in [-0.3, -0.25) is 10.1 Å². The van der Waals surface area contributed by atoms with Crippen molar-refractivity contribution in [2.45, 2.75) is 38.6 Å². The van der Waals surface area contributed by atoms with Gasteiger partial charge in [-0.15, -0.1) is 0 Å². The van der Waals surface area contributed by atoms with E-state index in [9.17, 15) is 15.0 Å². The molecule has 0 saturated carbocycles. The monoisotopic (exact) mass is 431 g/mol. The lowest BCUT2D eigenvalue weighted by Crippen LogP contribution is -2.32. The van der Waals surface area contributed by atoms with Gasteiger partial charge in [-0.1, -0.05) is 41.7 Å². The number of hydrogen-bond donors (Lipinski definition) is 5. The van der Waals surface area contributed by atoms with Crippen LogP contribution in [0.2, 0.25) is 0 Å². The Morgan fingerprint density at radius 3 is 2.83 bits per heavy atom. The van der Waals surface area contributed by atoms with E-state index in [0.717, 1.165) is 36.4 Å². The summed E-state index contributed by atoms with van der Waals surface area (Å²) >= 11 is 1.04. The Bertz CT molecular complexity index is 1020. The number of fused-ring (bicyclic) bond motifs is 1. The lowest BCUT2D eigenvalue weighted by Gasteiger charge is -2.14. The van der Waals surface area contributed by atoms with Gasteiger partial charge in [0.25, 0.3) is 0 Å². The third kappa shape index (κ3) is 6.13. The molecular formula is C22H29N3O4S. The van der Waals surface area contributed by atoms with E-state index in [0.29, 0.717) is 23.2 Å². The van der Waals surface area contributed by atoms with E-state index in [1.54, 1.807) is 19.2 Å². The molecule has 0 amide bonds. The van der Waals surface area contributed by atoms with Crippen molar-refractivity contribution in [1.82, 2.24) is 15.6 Å². The Kier molecular flexibility index (Phi) is 8.01. The maximum atomic E-state index is 11.6. The number of aromatic amines is 1. The molecule has 7 nitrogen and oxygen atoms in total. The molecule has 1 heterocycles. The van der Waals surface area contributed by atoms with Gasteiger partial charge in [-0.05, 0) is 36.1 Å². The number of methoxy groups -OCH3 is 1. The number of benzene rings is 2. The predicted molar refractivity (Wildman–Crippen MR) is 120 cm³/mol. The number of rotatable bonds is 11. The molecule has 0 bridgehead atoms. The first-order valence-corrected chi connectivity index (χ1v) is 10.8. The van der Waals surface area contributed by atoms with Crippen LogP contribution in [-0.2, 0) is 24.1 Å². The molecule has 0 spiro atoms. The molecule has 0 aliphatic heterocycles. The van der Waals surface area contributed by atoms with Gasteiger partial charge in [0.1, 0.15) is 17.5 Å². The summed E-state index contributed by atoms with van der Waals surface area (Å²) in [5.41, 5.74) is 3.67. The number of ether oxygens (including phenoxy) is 1. The highest BCUT2D eigenvalue weighted by molar-refractivity contribution is 7.16. The first-order valence-electron chi connectivity index (χ1n) is 10.0. The zero-order valence-corrected chi connectivity index (χ0v) is 18.1. The SMILES string of the molecule is COC(C)CNCc1cccc(CCNC(O)Cc2ccc(O)c3[nH]c(=O)sc23)c1. The molecular weight excluding hydrogens is 402 g/mol. The van der Waals surface area contributed by atoms with Crippen molar-refractivity contribution in [3.63, 3.8) is 0 Å². The summed E-state index contributed by atoms with van der Waals surface area (Å²) in [5, 5.41) is 26.8. The minimum atomic E-state index is -0.740. The Hall–Kier alpha value is -2.23. The Morgan fingerprint density at radius 1 is 1.23 bits per heavy atom. The molecule has 3 aromatic rings. The van der Waals surface area contributed by atoms with Crippen LogP contribution in [0.15, 0.2) is 41.2 Å². The molecule has 8 heteroatoms. The third-order valence-electron chi connectivity index (χ3n) is 5.00. The van der Waals surface area contributed by atoms with Crippen LogP contribution in [0.3, 0.4) is 0 Å². The van der Waals surface area contributed by atoms with E-state index < -0.39 is 6.23 Å². The second-order valence-corrected chi connectivity index (χ2v) is 8.37. The molecule has 3 rings (SSSR count). The van der Waals surface area contributed by atoms with E-state index >= 15 is 0 Å². The van der Waals surface area contributed by atoms with Crippen molar-refractivity contribution in [2.24, 2.45) is 0 Å². The summed E-state index contributed by atoms with van der Waals surface area (Å²) in [6, 6.07) is 11.7. The van der Waals surface area contributed by atoms with Crippen molar-refractivity contribution >= 4 is 21.6 Å². The van der Waals surface area contributed by atoms with Crippen LogP contribution in [0.25, 0.3) is 10.2 Å². The summed E-state index contributed by atoms with van der Waals surface area (Å²) < 4.78 is 5.92. The highest BCUT2D eigenvalue weighted by Gasteiger charge is 2.13. The van der Waals surface area contributed by atoms with Crippen LogP contribution in [0.4, 0.5) is 0 Å². The Morgan fingerprint density at radius 2 is 2.03 bits per heavy atom. The average Bonchev–Trinajstić information content (AvgIpc) is 3.13. The lowest BCUT2D eigenvalue weighted by atomic mass is 10.1. The van der Waals surface area contributed by atoms with Crippen molar-refractivity contribution in [1.29, 1.82) is 0 Å². The quantitative estimate of drug-likeness (QED) is 0.298. The number of aromatic hydroxyl groups is 1. The van der Waals surface area contributed by atoms with E-state index in [4.69, 9.17) is 4.74 Å². The van der Waals surface area contributed by atoms with Gasteiger partial charge in [-0.2, -0.15) is 0 Å². The Labute approximate surface area is 179 Å². The molecule has 2 atom stereocenters. The summed E-state index contributed by atoms with van der Waals surface area (Å²) in [7, 11) is 1.71. The zero-order chi connectivity index (χ0) is 21.5. The average molecular weight is 432 g/mol. The molecule has 0 saturated heterocycles. The van der Waals surface area contributed by atoms with Gasteiger partial charge in [0, 0.05) is 33.2 Å². The van der Waals surface area contributed by atoms with Crippen LogP contribution in [-0.4, -0.2) is 47.7 Å². The van der Waals surface area contributed by atoms with Crippen molar-refractivity contribution in [2.75, 3.05) is 20.2 Å². The lowest BCUT2D eigenvalue weighted by molar-refractivity contribution is 0.117. The number of H-pyrrole nitrogens is 1. The fourth-order valence-corrected chi connectivity index (χ4v) is 4.17. The van der Waals surface area contributed by atoms with Crippen LogP contribution in [0.1, 0.15) is 23.6 Å². The highest BCUT2D eigenvalue weighted by Crippen LogP contribution is 2.28. The number of thiazole rings is 1. The van der Waals surface area contributed by atoms with E-state index in [1.807, 2.05) is 13.0 Å². The van der Waals surface area contributed by atoms with Gasteiger partial charge in [0.2, 0.25) is 0 Å². The van der Waals surface area contributed by atoms with E-state index in [1.165, 1.54) is 11.1 Å². The van der Waals surface area contributed by atoms with Gasteiger partial charge >= 0.3 is 4.87 Å². The standard InChI is InChI=1S/C22H29N3O4S/c1-14(29-2)12-23-13-16-5-3-4-15(10-16)8-9-24-19(27)11-17-6-7-18(26)20-21(17)30-22(28)25-20/h3-7,10,14,19,23-24,26-27H,8-9,11-13H2,1-2H3,(H,25,28). The number of hydrogen-bond acceptors (Lipinski definition) is 7. The van der Waals surface area contributed by atoms with E-state index in [-0.39, 0.29) is 16.7 Å². The largest absolute Gasteiger partial charge is 0.506 e. The van der Waals surface area contributed by atoms with Gasteiger partial charge in [0.05, 0.1) is 10.8 Å². The van der Waals surface area contributed by atoms with Crippen LogP contribution < -0.4 is 15.5 Å². The Balaban J connectivity index is 1.49. The normalized spacial score (nSPS) is 13.6. The second-order valence-electron chi connectivity index (χ2n) is 7.38. The highest BCUT2D eigenvalue weighted by atomic mass is 32.1. The summed E-state index contributed by atoms with van der Waals surface area (Å²) in [6.07, 6.45) is 0.588. The van der Waals surface area contributed by atoms with Crippen molar-refractivity contribution in [3.8, 4) is 5.75 Å². The number of aliphatic hydroxyl groups is 1. The minimum Gasteiger partial charge on any atom is -0.506 e. The maximum absolute atomic E-state index is 11.6. The molecule has 5 N–H and O–H groups in total. The number of phenols is 1. The smallest absolute Gasteiger partial charge is 0.305 e. The van der Waals surface area contributed by atoms with Gasteiger partial charge < -0.3 is 25.3 Å². The number of phenolic OH excluding ortho intramolecular Hbond substituents is 1. The van der Waals surface area contributed by atoms with Crippen LogP contribution in [0, 0.1) is 0 Å². The fraction of sp³-hybridized carbons (Fsp3) is 0.409. The maximum Gasteiger partial charge on any atom is 0.305 e. The van der Waals surface area contributed by atoms with Gasteiger partial charge in [-0.25, -0.2) is 0 Å². The molecule has 162 valence electrons. The van der Waals surface area contributed by atoms with E-state index in [2.05, 4.69) is 33.8 Å². The summed E-state index contributed by atoms with van der Waals surface area (Å²) in [4.78, 5) is 14.0. The number of nitrogens with one attached hydrogen (secondary N) is 3.